The highest BCUT2D eigenvalue weighted by Crippen LogP contribution is 2.32. The standard InChI is InChI=1S/C15H25NOS/c1-4-7-16-14(10-13-6-5-8-17-13)15-11(2)9-12(3)18-15/h9,13-14,16H,4-8,10H2,1-3H3. The molecule has 0 radical (unpaired) electrons. The highest BCUT2D eigenvalue weighted by atomic mass is 32.1. The number of aryl methyl sites for hydroxylation is 2. The highest BCUT2D eigenvalue weighted by molar-refractivity contribution is 7.12. The lowest BCUT2D eigenvalue weighted by molar-refractivity contribution is 0.0949. The minimum absolute atomic E-state index is 0.459. The molecule has 18 heavy (non-hydrogen) atoms. The minimum Gasteiger partial charge on any atom is -0.378 e. The van der Waals surface area contributed by atoms with Crippen LogP contribution in [0, 0.1) is 13.8 Å². The zero-order chi connectivity index (χ0) is 13.0. The number of nitrogens with one attached hydrogen (secondary N) is 1. The number of hydrogen-bond acceptors (Lipinski definition) is 3. The van der Waals surface area contributed by atoms with E-state index >= 15 is 0 Å². The van der Waals surface area contributed by atoms with Crippen LogP contribution in [0.25, 0.3) is 0 Å². The summed E-state index contributed by atoms with van der Waals surface area (Å²) in [6.45, 7) is 8.70. The van der Waals surface area contributed by atoms with Gasteiger partial charge in [0.05, 0.1) is 6.10 Å². The summed E-state index contributed by atoms with van der Waals surface area (Å²) in [5, 5.41) is 3.70. The lowest BCUT2D eigenvalue weighted by Gasteiger charge is -2.21. The molecule has 1 fully saturated rings. The molecule has 1 saturated heterocycles. The third-order valence-corrected chi connectivity index (χ3v) is 4.83. The molecule has 0 spiro atoms. The summed E-state index contributed by atoms with van der Waals surface area (Å²) in [6, 6.07) is 2.78. The fourth-order valence-electron chi connectivity index (χ4n) is 2.70. The normalized spacial score (nSPS) is 21.4. The van der Waals surface area contributed by atoms with Crippen LogP contribution in [0.15, 0.2) is 6.07 Å². The van der Waals surface area contributed by atoms with Gasteiger partial charge < -0.3 is 10.1 Å². The predicted octanol–water partition coefficient (Wildman–Crippen LogP) is 3.97. The SMILES string of the molecule is CCCNC(CC1CCCO1)c1sc(C)cc1C. The molecule has 2 heterocycles. The Hall–Kier alpha value is -0.380. The Bertz CT molecular complexity index is 369. The van der Waals surface area contributed by atoms with Gasteiger partial charge in [0.1, 0.15) is 0 Å². The van der Waals surface area contributed by atoms with E-state index < -0.39 is 0 Å². The molecule has 102 valence electrons. The summed E-state index contributed by atoms with van der Waals surface area (Å²) in [5.74, 6) is 0. The summed E-state index contributed by atoms with van der Waals surface area (Å²) in [7, 11) is 0. The van der Waals surface area contributed by atoms with Crippen molar-refractivity contribution < 1.29 is 4.74 Å². The van der Waals surface area contributed by atoms with E-state index in [0.717, 1.165) is 19.6 Å². The van der Waals surface area contributed by atoms with E-state index in [-0.39, 0.29) is 0 Å². The lowest BCUT2D eigenvalue weighted by atomic mass is 10.0. The summed E-state index contributed by atoms with van der Waals surface area (Å²) >= 11 is 1.94. The van der Waals surface area contributed by atoms with Crippen LogP contribution >= 0.6 is 11.3 Å². The van der Waals surface area contributed by atoms with Crippen molar-refractivity contribution in [2.75, 3.05) is 13.2 Å². The van der Waals surface area contributed by atoms with E-state index in [2.05, 4.69) is 32.2 Å². The van der Waals surface area contributed by atoms with Gasteiger partial charge in [-0.05, 0) is 57.7 Å². The van der Waals surface area contributed by atoms with Crippen molar-refractivity contribution in [1.29, 1.82) is 0 Å². The number of rotatable bonds is 6. The second-order valence-corrected chi connectivity index (χ2v) is 6.57. The van der Waals surface area contributed by atoms with Gasteiger partial charge in [-0.15, -0.1) is 11.3 Å². The summed E-state index contributed by atoms with van der Waals surface area (Å²) < 4.78 is 5.80. The minimum atomic E-state index is 0.459. The van der Waals surface area contributed by atoms with E-state index in [1.165, 1.54) is 34.6 Å². The summed E-state index contributed by atoms with van der Waals surface area (Å²) in [6.07, 6.45) is 5.23. The van der Waals surface area contributed by atoms with Crippen molar-refractivity contribution in [3.63, 3.8) is 0 Å². The molecule has 1 aromatic rings. The number of hydrogen-bond donors (Lipinski definition) is 1. The second-order valence-electron chi connectivity index (χ2n) is 5.28. The molecule has 2 nitrogen and oxygen atoms in total. The molecule has 3 heteroatoms. The van der Waals surface area contributed by atoms with Gasteiger partial charge in [0.15, 0.2) is 0 Å². The molecular formula is C15H25NOS. The van der Waals surface area contributed by atoms with E-state index in [9.17, 15) is 0 Å². The molecule has 0 saturated carbocycles. The molecular weight excluding hydrogens is 242 g/mol. The molecule has 0 bridgehead atoms. The molecule has 0 amide bonds. The predicted molar refractivity (Wildman–Crippen MR) is 78.4 cm³/mol. The first-order valence-corrected chi connectivity index (χ1v) is 7.94. The van der Waals surface area contributed by atoms with Crippen molar-refractivity contribution in [3.8, 4) is 0 Å². The van der Waals surface area contributed by atoms with Crippen molar-refractivity contribution in [3.05, 3.63) is 21.4 Å². The van der Waals surface area contributed by atoms with E-state index in [4.69, 9.17) is 4.74 Å². The van der Waals surface area contributed by atoms with Gasteiger partial charge in [0, 0.05) is 22.4 Å². The zero-order valence-corrected chi connectivity index (χ0v) is 12.6. The molecule has 1 aliphatic heterocycles. The first-order valence-electron chi connectivity index (χ1n) is 7.12. The monoisotopic (exact) mass is 267 g/mol. The second kappa shape index (κ2) is 6.69. The maximum Gasteiger partial charge on any atom is 0.0594 e. The van der Waals surface area contributed by atoms with Gasteiger partial charge in [-0.3, -0.25) is 0 Å². The molecule has 1 aromatic heterocycles. The summed E-state index contributed by atoms with van der Waals surface area (Å²) in [4.78, 5) is 2.93. The Balaban J connectivity index is 2.05. The van der Waals surface area contributed by atoms with E-state index in [1.54, 1.807) is 0 Å². The Morgan fingerprint density at radius 2 is 2.33 bits per heavy atom. The molecule has 1 N–H and O–H groups in total. The van der Waals surface area contributed by atoms with Crippen molar-refractivity contribution >= 4 is 11.3 Å². The first kappa shape index (κ1) is 14.0. The molecule has 2 atom stereocenters. The van der Waals surface area contributed by atoms with Crippen LogP contribution in [0.3, 0.4) is 0 Å². The molecule has 0 aromatic carbocycles. The van der Waals surface area contributed by atoms with Crippen LogP contribution in [0.2, 0.25) is 0 Å². The van der Waals surface area contributed by atoms with Crippen LogP contribution < -0.4 is 5.32 Å². The van der Waals surface area contributed by atoms with Gasteiger partial charge >= 0.3 is 0 Å². The average Bonchev–Trinajstić information content (AvgIpc) is 2.94. The number of thiophene rings is 1. The summed E-state index contributed by atoms with van der Waals surface area (Å²) in [5.41, 5.74) is 1.43. The van der Waals surface area contributed by atoms with Crippen molar-refractivity contribution in [2.24, 2.45) is 0 Å². The van der Waals surface area contributed by atoms with Crippen LogP contribution in [-0.2, 0) is 4.74 Å². The maximum absolute atomic E-state index is 5.80. The van der Waals surface area contributed by atoms with Crippen LogP contribution in [0.1, 0.15) is 54.0 Å². The topological polar surface area (TPSA) is 21.3 Å². The van der Waals surface area contributed by atoms with Gasteiger partial charge in [-0.2, -0.15) is 0 Å². The van der Waals surface area contributed by atoms with E-state index in [0.29, 0.717) is 12.1 Å². The molecule has 0 aliphatic carbocycles. The Labute approximate surface area is 115 Å². The average molecular weight is 267 g/mol. The Kier molecular flexibility index (Phi) is 5.22. The third kappa shape index (κ3) is 3.56. The Morgan fingerprint density at radius 1 is 1.50 bits per heavy atom. The van der Waals surface area contributed by atoms with Gasteiger partial charge in [0.2, 0.25) is 0 Å². The van der Waals surface area contributed by atoms with Crippen molar-refractivity contribution in [2.45, 2.75) is 58.6 Å². The highest BCUT2D eigenvalue weighted by Gasteiger charge is 2.23. The maximum atomic E-state index is 5.80. The molecule has 2 rings (SSSR count). The third-order valence-electron chi connectivity index (χ3n) is 3.56. The van der Waals surface area contributed by atoms with Gasteiger partial charge in [0.25, 0.3) is 0 Å². The largest absolute Gasteiger partial charge is 0.378 e. The van der Waals surface area contributed by atoms with Crippen LogP contribution in [0.5, 0.6) is 0 Å². The smallest absolute Gasteiger partial charge is 0.0594 e. The zero-order valence-electron chi connectivity index (χ0n) is 11.8. The number of ether oxygens (including phenoxy) is 1. The quantitative estimate of drug-likeness (QED) is 0.842. The Morgan fingerprint density at radius 3 is 2.89 bits per heavy atom. The van der Waals surface area contributed by atoms with Crippen LogP contribution in [-0.4, -0.2) is 19.3 Å². The lowest BCUT2D eigenvalue weighted by Crippen LogP contribution is -2.26. The molecule has 2 unspecified atom stereocenters. The van der Waals surface area contributed by atoms with Crippen LogP contribution in [0.4, 0.5) is 0 Å². The first-order chi connectivity index (χ1) is 8.70. The van der Waals surface area contributed by atoms with E-state index in [1.807, 2.05) is 11.3 Å². The molecule has 1 aliphatic rings. The van der Waals surface area contributed by atoms with Crippen molar-refractivity contribution in [1.82, 2.24) is 5.32 Å². The fraction of sp³-hybridized carbons (Fsp3) is 0.733. The fourth-order valence-corrected chi connectivity index (χ4v) is 3.82. The van der Waals surface area contributed by atoms with Gasteiger partial charge in [-0.25, -0.2) is 0 Å². The van der Waals surface area contributed by atoms with Gasteiger partial charge in [-0.1, -0.05) is 6.92 Å².